The van der Waals surface area contributed by atoms with Crippen molar-refractivity contribution in [2.75, 3.05) is 0 Å². The lowest BCUT2D eigenvalue weighted by atomic mass is 9.71. The SMILES string of the molecule is NC1=N[C@H]2c3c([nH]c(Br)c3Br)C(=O)C3CCC[C@@]32N1. The second kappa shape index (κ2) is 3.63. The van der Waals surface area contributed by atoms with Gasteiger partial charge in [0.25, 0.3) is 0 Å². The molecule has 4 rings (SSSR count). The van der Waals surface area contributed by atoms with E-state index in [1.54, 1.807) is 0 Å². The van der Waals surface area contributed by atoms with Crippen LogP contribution in [-0.4, -0.2) is 22.3 Å². The number of aromatic amines is 1. The van der Waals surface area contributed by atoms with E-state index >= 15 is 0 Å². The highest BCUT2D eigenvalue weighted by Gasteiger charge is 2.60. The molecule has 7 heteroatoms. The zero-order valence-corrected chi connectivity index (χ0v) is 13.1. The van der Waals surface area contributed by atoms with Crippen LogP contribution in [0.2, 0.25) is 0 Å². The summed E-state index contributed by atoms with van der Waals surface area (Å²) in [5.74, 6) is 0.585. The fourth-order valence-corrected chi connectivity index (χ4v) is 4.80. The molecule has 2 aliphatic carbocycles. The maximum Gasteiger partial charge on any atom is 0.189 e. The van der Waals surface area contributed by atoms with E-state index in [1.807, 2.05) is 0 Å². The molecule has 19 heavy (non-hydrogen) atoms. The van der Waals surface area contributed by atoms with Crippen molar-refractivity contribution in [2.45, 2.75) is 30.8 Å². The summed E-state index contributed by atoms with van der Waals surface area (Å²) in [5, 5.41) is 3.30. The van der Waals surface area contributed by atoms with Crippen LogP contribution in [0.25, 0.3) is 0 Å². The second-order valence-electron chi connectivity index (χ2n) is 5.43. The molecule has 0 saturated heterocycles. The molecular formula is C12H12Br2N4O. The summed E-state index contributed by atoms with van der Waals surface area (Å²) in [6.45, 7) is 0. The topological polar surface area (TPSA) is 83.3 Å². The predicted octanol–water partition coefficient (Wildman–Crippen LogP) is 2.23. The number of hydrogen-bond acceptors (Lipinski definition) is 4. The lowest BCUT2D eigenvalue weighted by Gasteiger charge is -2.39. The molecule has 1 fully saturated rings. The smallest absolute Gasteiger partial charge is 0.189 e. The third kappa shape index (κ3) is 1.30. The molecule has 0 amide bonds. The van der Waals surface area contributed by atoms with E-state index in [2.05, 4.69) is 47.2 Å². The number of carbonyl (C=O) groups excluding carboxylic acids is 1. The molecule has 3 aliphatic rings. The van der Waals surface area contributed by atoms with Gasteiger partial charge in [-0.3, -0.25) is 4.79 Å². The van der Waals surface area contributed by atoms with Crippen LogP contribution in [0.15, 0.2) is 14.1 Å². The third-order valence-corrected chi connectivity index (χ3v) is 6.54. The number of ketones is 1. The molecule has 3 atom stereocenters. The van der Waals surface area contributed by atoms with Gasteiger partial charge in [-0.1, -0.05) is 6.42 Å². The van der Waals surface area contributed by atoms with Gasteiger partial charge in [0, 0.05) is 11.5 Å². The maximum atomic E-state index is 12.7. The highest BCUT2D eigenvalue weighted by Crippen LogP contribution is 2.55. The first-order valence-electron chi connectivity index (χ1n) is 6.27. The predicted molar refractivity (Wildman–Crippen MR) is 78.1 cm³/mol. The van der Waals surface area contributed by atoms with Crippen molar-refractivity contribution in [3.63, 3.8) is 0 Å². The number of Topliss-reactive ketones (excluding diaryl/α,β-unsaturated/α-hetero) is 1. The average molecular weight is 388 g/mol. The second-order valence-corrected chi connectivity index (χ2v) is 7.02. The summed E-state index contributed by atoms with van der Waals surface area (Å²) in [6, 6.07) is -0.0791. The number of rotatable bonds is 0. The summed E-state index contributed by atoms with van der Waals surface area (Å²) in [4.78, 5) is 20.4. The molecule has 1 unspecified atom stereocenters. The first-order chi connectivity index (χ1) is 9.04. The Morgan fingerprint density at radius 1 is 1.42 bits per heavy atom. The first kappa shape index (κ1) is 12.0. The molecule has 1 spiro atoms. The van der Waals surface area contributed by atoms with Crippen molar-refractivity contribution in [2.24, 2.45) is 16.6 Å². The number of hydrogen-bond donors (Lipinski definition) is 3. The Bertz CT molecular complexity index is 638. The van der Waals surface area contributed by atoms with Gasteiger partial charge in [0.2, 0.25) is 0 Å². The number of nitrogens with zero attached hydrogens (tertiary/aromatic N) is 1. The van der Waals surface area contributed by atoms with Gasteiger partial charge in [0.05, 0.1) is 20.3 Å². The molecule has 2 heterocycles. The minimum absolute atomic E-state index is 0.0350. The average Bonchev–Trinajstić information content (AvgIpc) is 2.99. The van der Waals surface area contributed by atoms with Crippen LogP contribution < -0.4 is 11.1 Å². The number of aliphatic imine (C=N–C) groups is 1. The molecule has 0 radical (unpaired) electrons. The molecule has 1 aromatic heterocycles. The number of halogens is 2. The van der Waals surface area contributed by atoms with Gasteiger partial charge in [-0.15, -0.1) is 0 Å². The number of aromatic nitrogens is 1. The quantitative estimate of drug-likeness (QED) is 0.638. The van der Waals surface area contributed by atoms with Gasteiger partial charge >= 0.3 is 0 Å². The molecule has 1 aromatic rings. The molecule has 5 nitrogen and oxygen atoms in total. The van der Waals surface area contributed by atoms with Gasteiger partial charge in [0.1, 0.15) is 6.04 Å². The number of carbonyl (C=O) groups is 1. The maximum absolute atomic E-state index is 12.7. The molecule has 1 aliphatic heterocycles. The van der Waals surface area contributed by atoms with Gasteiger partial charge in [-0.2, -0.15) is 0 Å². The minimum Gasteiger partial charge on any atom is -0.370 e. The van der Waals surface area contributed by atoms with E-state index in [4.69, 9.17) is 5.73 Å². The van der Waals surface area contributed by atoms with Gasteiger partial charge < -0.3 is 16.0 Å². The van der Waals surface area contributed by atoms with Crippen molar-refractivity contribution in [1.29, 1.82) is 0 Å². The molecule has 0 aromatic carbocycles. The van der Waals surface area contributed by atoms with Crippen LogP contribution >= 0.6 is 31.9 Å². The number of nitrogens with one attached hydrogen (secondary N) is 2. The van der Waals surface area contributed by atoms with Crippen LogP contribution in [0, 0.1) is 5.92 Å². The normalized spacial score (nSPS) is 35.5. The molecule has 0 bridgehead atoms. The fraction of sp³-hybridized carbons (Fsp3) is 0.500. The molecular weight excluding hydrogens is 376 g/mol. The summed E-state index contributed by atoms with van der Waals surface area (Å²) >= 11 is 6.98. The minimum atomic E-state index is -0.307. The molecule has 4 N–H and O–H groups in total. The largest absolute Gasteiger partial charge is 0.370 e. The number of nitrogens with two attached hydrogens (primary N) is 1. The lowest BCUT2D eigenvalue weighted by Crippen LogP contribution is -2.56. The molecule has 100 valence electrons. The van der Waals surface area contributed by atoms with Crippen LogP contribution in [-0.2, 0) is 0 Å². The zero-order valence-electron chi connectivity index (χ0n) is 9.96. The third-order valence-electron chi connectivity index (χ3n) is 4.59. The highest BCUT2D eigenvalue weighted by molar-refractivity contribution is 9.13. The summed E-state index contributed by atoms with van der Waals surface area (Å²) in [6.07, 6.45) is 2.87. The Morgan fingerprint density at radius 2 is 2.21 bits per heavy atom. The Kier molecular flexibility index (Phi) is 2.29. The van der Waals surface area contributed by atoms with Gasteiger partial charge in [0.15, 0.2) is 11.7 Å². The Hall–Kier alpha value is -0.820. The number of H-pyrrole nitrogens is 1. The Morgan fingerprint density at radius 3 is 3.00 bits per heavy atom. The standard InChI is InChI=1S/C12H12Br2N4O/c13-6-5-7(16-10(6)14)8(19)4-2-1-3-12(4)9(5)17-11(15)18-12/h4,9,16H,1-3H2,(H3,15,17,18)/t4?,9-,12+/m0/s1. The van der Waals surface area contributed by atoms with E-state index in [9.17, 15) is 4.79 Å². The fourth-order valence-electron chi connectivity index (χ4n) is 3.87. The highest BCUT2D eigenvalue weighted by atomic mass is 79.9. The van der Waals surface area contributed by atoms with E-state index in [0.717, 1.165) is 33.9 Å². The van der Waals surface area contributed by atoms with Crippen LogP contribution in [0.4, 0.5) is 0 Å². The lowest BCUT2D eigenvalue weighted by molar-refractivity contribution is 0.0816. The van der Waals surface area contributed by atoms with E-state index in [0.29, 0.717) is 11.7 Å². The number of guanidine groups is 1. The van der Waals surface area contributed by atoms with Crippen LogP contribution in [0.1, 0.15) is 41.4 Å². The van der Waals surface area contributed by atoms with Crippen LogP contribution in [0.3, 0.4) is 0 Å². The number of fused-ring (bicyclic) bond motifs is 2. The van der Waals surface area contributed by atoms with Crippen molar-refractivity contribution >= 4 is 43.6 Å². The monoisotopic (exact) mass is 386 g/mol. The van der Waals surface area contributed by atoms with E-state index in [1.165, 1.54) is 0 Å². The Balaban J connectivity index is 2.01. The van der Waals surface area contributed by atoms with Crippen molar-refractivity contribution in [1.82, 2.24) is 10.3 Å². The summed E-state index contributed by atoms with van der Waals surface area (Å²) in [7, 11) is 0. The summed E-state index contributed by atoms with van der Waals surface area (Å²) < 4.78 is 1.67. The van der Waals surface area contributed by atoms with Crippen LogP contribution in [0.5, 0.6) is 0 Å². The first-order valence-corrected chi connectivity index (χ1v) is 7.86. The van der Waals surface area contributed by atoms with Crippen molar-refractivity contribution < 1.29 is 4.79 Å². The van der Waals surface area contributed by atoms with Crippen molar-refractivity contribution in [3.05, 3.63) is 20.3 Å². The Labute approximate surface area is 126 Å². The van der Waals surface area contributed by atoms with Gasteiger partial charge in [-0.25, -0.2) is 4.99 Å². The molecule has 1 saturated carbocycles. The van der Waals surface area contributed by atoms with E-state index in [-0.39, 0.29) is 23.3 Å². The van der Waals surface area contributed by atoms with Gasteiger partial charge in [-0.05, 0) is 44.7 Å². The van der Waals surface area contributed by atoms with Crippen molar-refractivity contribution in [3.8, 4) is 0 Å². The summed E-state index contributed by atoms with van der Waals surface area (Å²) in [5.41, 5.74) is 7.19. The van der Waals surface area contributed by atoms with E-state index < -0.39 is 0 Å². The zero-order chi connectivity index (χ0) is 13.4.